The largest absolute Gasteiger partial charge is 0.489 e. The molecule has 1 aliphatic rings. The van der Waals surface area contributed by atoms with Crippen LogP contribution in [0, 0.1) is 0 Å². The Balaban J connectivity index is 1.29. The SMILES string of the molecule is CC(C)(C)Oc1ccc2c(c1)CC[C@H](c1ccccc1)[C@@H]2c1ccc(OCc2ccc(CO[Si](C)(C)C(C)(C)C)nc2)cc1. The van der Waals surface area contributed by atoms with E-state index in [-0.39, 0.29) is 16.6 Å². The maximum absolute atomic E-state index is 6.33. The summed E-state index contributed by atoms with van der Waals surface area (Å²) in [6.45, 7) is 18.6. The van der Waals surface area contributed by atoms with Crippen LogP contribution in [0.4, 0.5) is 0 Å². The average molecular weight is 608 g/mol. The Kier molecular flexibility index (Phi) is 9.38. The van der Waals surface area contributed by atoms with E-state index in [1.807, 2.05) is 6.20 Å². The van der Waals surface area contributed by atoms with Crippen LogP contribution >= 0.6 is 0 Å². The van der Waals surface area contributed by atoms with Gasteiger partial charge in [-0.05, 0) is 110 Å². The summed E-state index contributed by atoms with van der Waals surface area (Å²) in [4.78, 5) is 4.64. The summed E-state index contributed by atoms with van der Waals surface area (Å²) in [5, 5.41) is 0.184. The lowest BCUT2D eigenvalue weighted by Crippen LogP contribution is -2.40. The Morgan fingerprint density at radius 2 is 1.48 bits per heavy atom. The molecule has 4 aromatic rings. The summed E-state index contributed by atoms with van der Waals surface area (Å²) >= 11 is 0. The summed E-state index contributed by atoms with van der Waals surface area (Å²) in [7, 11) is -1.80. The van der Waals surface area contributed by atoms with Crippen LogP contribution in [0.1, 0.15) is 93.3 Å². The molecule has 5 rings (SSSR count). The highest BCUT2D eigenvalue weighted by Gasteiger charge is 2.37. The summed E-state index contributed by atoms with van der Waals surface area (Å²) in [6.07, 6.45) is 4.05. The van der Waals surface area contributed by atoms with Gasteiger partial charge >= 0.3 is 0 Å². The van der Waals surface area contributed by atoms with Crippen LogP contribution in [0.25, 0.3) is 0 Å². The van der Waals surface area contributed by atoms with Gasteiger partial charge in [0.15, 0.2) is 8.32 Å². The minimum atomic E-state index is -1.80. The van der Waals surface area contributed by atoms with Crippen LogP contribution in [-0.4, -0.2) is 18.9 Å². The van der Waals surface area contributed by atoms with Crippen molar-refractivity contribution in [1.29, 1.82) is 0 Å². The van der Waals surface area contributed by atoms with E-state index in [1.54, 1.807) is 0 Å². The second kappa shape index (κ2) is 12.9. The lowest BCUT2D eigenvalue weighted by atomic mass is 9.69. The fraction of sp³-hybridized carbons (Fsp3) is 0.410. The lowest BCUT2D eigenvalue weighted by molar-refractivity contribution is 0.130. The number of rotatable bonds is 9. The van der Waals surface area contributed by atoms with Crippen molar-refractivity contribution in [2.75, 3.05) is 0 Å². The molecule has 3 aromatic carbocycles. The Morgan fingerprint density at radius 3 is 2.11 bits per heavy atom. The molecule has 0 aliphatic heterocycles. The monoisotopic (exact) mass is 607 g/mol. The molecule has 0 bridgehead atoms. The van der Waals surface area contributed by atoms with Crippen LogP contribution in [0.5, 0.6) is 11.5 Å². The van der Waals surface area contributed by atoms with E-state index in [0.717, 1.165) is 35.6 Å². The van der Waals surface area contributed by atoms with E-state index in [2.05, 4.69) is 145 Å². The number of ether oxygens (including phenoxy) is 2. The van der Waals surface area contributed by atoms with Gasteiger partial charge in [-0.1, -0.05) is 75.4 Å². The molecule has 1 aromatic heterocycles. The highest BCUT2D eigenvalue weighted by molar-refractivity contribution is 6.74. The summed E-state index contributed by atoms with van der Waals surface area (Å²) < 4.78 is 18.7. The molecule has 0 saturated heterocycles. The summed E-state index contributed by atoms with van der Waals surface area (Å²) in [6, 6.07) is 30.5. The van der Waals surface area contributed by atoms with Crippen LogP contribution in [0.2, 0.25) is 18.1 Å². The molecule has 1 aliphatic carbocycles. The van der Waals surface area contributed by atoms with Crippen molar-refractivity contribution < 1.29 is 13.9 Å². The first-order valence-corrected chi connectivity index (χ1v) is 18.9. The molecular weight excluding hydrogens is 559 g/mol. The third-order valence-electron chi connectivity index (χ3n) is 9.15. The third-order valence-corrected chi connectivity index (χ3v) is 13.6. The van der Waals surface area contributed by atoms with Crippen molar-refractivity contribution in [2.45, 2.75) is 103 Å². The molecule has 4 nitrogen and oxygen atoms in total. The van der Waals surface area contributed by atoms with E-state index in [0.29, 0.717) is 19.1 Å². The number of hydrogen-bond donors (Lipinski definition) is 0. The second-order valence-electron chi connectivity index (χ2n) is 14.7. The minimum absolute atomic E-state index is 0.184. The van der Waals surface area contributed by atoms with Gasteiger partial charge in [-0.25, -0.2) is 0 Å². The summed E-state index contributed by atoms with van der Waals surface area (Å²) in [5.41, 5.74) is 7.26. The first kappa shape index (κ1) is 32.0. The van der Waals surface area contributed by atoms with Crippen molar-refractivity contribution in [3.8, 4) is 11.5 Å². The maximum atomic E-state index is 6.33. The zero-order valence-corrected chi connectivity index (χ0v) is 28.8. The molecule has 0 amide bonds. The molecule has 0 radical (unpaired) electrons. The molecular formula is C39H49NO3Si. The Bertz CT molecular complexity index is 1520. The molecule has 0 saturated carbocycles. The van der Waals surface area contributed by atoms with E-state index in [4.69, 9.17) is 13.9 Å². The van der Waals surface area contributed by atoms with Gasteiger partial charge < -0.3 is 13.9 Å². The van der Waals surface area contributed by atoms with Crippen molar-refractivity contribution in [1.82, 2.24) is 4.98 Å². The van der Waals surface area contributed by atoms with Gasteiger partial charge in [0.25, 0.3) is 0 Å². The normalized spacial score (nSPS) is 17.2. The van der Waals surface area contributed by atoms with Gasteiger partial charge in [0.1, 0.15) is 23.7 Å². The number of benzene rings is 3. The zero-order valence-electron chi connectivity index (χ0n) is 27.8. The topological polar surface area (TPSA) is 40.6 Å². The minimum Gasteiger partial charge on any atom is -0.489 e. The molecule has 0 N–H and O–H groups in total. The standard InChI is InChI=1S/C39H49NO3Si/c1-38(2,3)43-34-21-23-36-31(24-34)17-22-35(29-12-10-9-11-13-29)37(36)30-15-19-33(20-16-30)41-26-28-14-18-32(40-25-28)27-42-44(7,8)39(4,5)6/h9-16,18-21,23-25,35,37H,17,22,26-27H2,1-8H3/t35-,37+/m1/s1. The van der Waals surface area contributed by atoms with Crippen molar-refractivity contribution >= 4 is 8.32 Å². The Labute approximate surface area is 266 Å². The molecule has 0 unspecified atom stereocenters. The predicted molar refractivity (Wildman–Crippen MR) is 183 cm³/mol. The number of fused-ring (bicyclic) bond motifs is 1. The Hall–Kier alpha value is -3.41. The molecule has 44 heavy (non-hydrogen) atoms. The fourth-order valence-electron chi connectivity index (χ4n) is 5.72. The van der Waals surface area contributed by atoms with Crippen molar-refractivity contribution in [2.24, 2.45) is 0 Å². The first-order chi connectivity index (χ1) is 20.8. The summed E-state index contributed by atoms with van der Waals surface area (Å²) in [5.74, 6) is 2.49. The predicted octanol–water partition coefficient (Wildman–Crippen LogP) is 10.2. The number of aryl methyl sites for hydroxylation is 1. The van der Waals surface area contributed by atoms with Gasteiger partial charge in [0.2, 0.25) is 0 Å². The van der Waals surface area contributed by atoms with E-state index >= 15 is 0 Å². The average Bonchev–Trinajstić information content (AvgIpc) is 2.98. The number of nitrogens with zero attached hydrogens (tertiary/aromatic N) is 1. The van der Waals surface area contributed by atoms with Crippen molar-refractivity contribution in [3.05, 3.63) is 125 Å². The van der Waals surface area contributed by atoms with Gasteiger partial charge in [0.05, 0.1) is 12.3 Å². The van der Waals surface area contributed by atoms with E-state index in [1.165, 1.54) is 22.3 Å². The second-order valence-corrected chi connectivity index (χ2v) is 19.5. The van der Waals surface area contributed by atoms with E-state index in [9.17, 15) is 0 Å². The van der Waals surface area contributed by atoms with Crippen LogP contribution < -0.4 is 9.47 Å². The number of pyridine rings is 1. The number of aromatic nitrogens is 1. The lowest BCUT2D eigenvalue weighted by Gasteiger charge is -2.36. The smallest absolute Gasteiger partial charge is 0.192 e. The van der Waals surface area contributed by atoms with Crippen LogP contribution in [-0.2, 0) is 24.1 Å². The highest BCUT2D eigenvalue weighted by atomic mass is 28.4. The third kappa shape index (κ3) is 7.80. The van der Waals surface area contributed by atoms with Gasteiger partial charge in [-0.3, -0.25) is 4.98 Å². The van der Waals surface area contributed by atoms with E-state index < -0.39 is 8.32 Å². The molecule has 2 atom stereocenters. The zero-order chi connectivity index (χ0) is 31.5. The molecule has 0 fully saturated rings. The number of hydrogen-bond acceptors (Lipinski definition) is 4. The van der Waals surface area contributed by atoms with Crippen LogP contribution in [0.3, 0.4) is 0 Å². The molecule has 5 heteroatoms. The van der Waals surface area contributed by atoms with Crippen molar-refractivity contribution in [3.63, 3.8) is 0 Å². The highest BCUT2D eigenvalue weighted by Crippen LogP contribution is 2.47. The van der Waals surface area contributed by atoms with Gasteiger partial charge in [-0.2, -0.15) is 0 Å². The molecule has 232 valence electrons. The Morgan fingerprint density at radius 1 is 0.773 bits per heavy atom. The fourth-order valence-corrected chi connectivity index (χ4v) is 6.66. The first-order valence-electron chi connectivity index (χ1n) is 16.0. The molecule has 0 spiro atoms. The maximum Gasteiger partial charge on any atom is 0.192 e. The van der Waals surface area contributed by atoms with Gasteiger partial charge in [0, 0.05) is 17.7 Å². The van der Waals surface area contributed by atoms with Gasteiger partial charge in [-0.15, -0.1) is 0 Å². The quantitative estimate of drug-likeness (QED) is 0.178. The van der Waals surface area contributed by atoms with Crippen LogP contribution in [0.15, 0.2) is 91.1 Å². The molecule has 1 heterocycles.